The Bertz CT molecular complexity index is 544. The molecule has 0 heterocycles. The third kappa shape index (κ3) is 4.04. The molecule has 0 amide bonds. The Morgan fingerprint density at radius 2 is 1.80 bits per heavy atom. The van der Waals surface area contributed by atoms with Gasteiger partial charge in [0, 0.05) is 5.02 Å². The molecule has 0 aromatic heterocycles. The van der Waals surface area contributed by atoms with Gasteiger partial charge in [0.15, 0.2) is 0 Å². The lowest BCUT2D eigenvalue weighted by Crippen LogP contribution is -2.26. The van der Waals surface area contributed by atoms with Crippen molar-refractivity contribution in [1.82, 2.24) is 5.32 Å². The number of aliphatic hydroxyl groups is 1. The van der Waals surface area contributed by atoms with Crippen LogP contribution in [0.25, 0.3) is 0 Å². The number of nitrogens with one attached hydrogen (secondary N) is 1. The van der Waals surface area contributed by atoms with Crippen molar-refractivity contribution in [2.75, 3.05) is 13.2 Å². The van der Waals surface area contributed by atoms with Crippen LogP contribution < -0.4 is 5.32 Å². The van der Waals surface area contributed by atoms with E-state index in [0.717, 1.165) is 5.56 Å². The molecular weight excluding hydrogens is 277 g/mol. The van der Waals surface area contributed by atoms with Crippen LogP contribution in [0, 0.1) is 5.82 Å². The summed E-state index contributed by atoms with van der Waals surface area (Å²) in [5.74, 6) is -0.193. The van der Waals surface area contributed by atoms with Gasteiger partial charge in [-0.25, -0.2) is 4.39 Å². The maximum absolute atomic E-state index is 13.5. The van der Waals surface area contributed by atoms with E-state index in [1.165, 1.54) is 6.07 Å². The minimum atomic E-state index is -0.193. The lowest BCUT2D eigenvalue weighted by atomic mass is 10.1. The highest BCUT2D eigenvalue weighted by molar-refractivity contribution is 6.30. The minimum Gasteiger partial charge on any atom is -0.394 e. The zero-order chi connectivity index (χ0) is 14.4. The van der Waals surface area contributed by atoms with E-state index in [0.29, 0.717) is 23.6 Å². The topological polar surface area (TPSA) is 32.3 Å². The van der Waals surface area contributed by atoms with Crippen LogP contribution >= 0.6 is 11.6 Å². The largest absolute Gasteiger partial charge is 0.394 e. The van der Waals surface area contributed by atoms with E-state index in [9.17, 15) is 9.50 Å². The molecule has 0 fully saturated rings. The quantitative estimate of drug-likeness (QED) is 0.856. The van der Waals surface area contributed by atoms with Gasteiger partial charge in [-0.15, -0.1) is 0 Å². The molecule has 0 aliphatic heterocycles. The van der Waals surface area contributed by atoms with Crippen LogP contribution in [0.2, 0.25) is 5.02 Å². The Kier molecular flexibility index (Phi) is 5.53. The standard InChI is InChI=1S/C16H17ClFNO/c17-14-7-5-13(6-8-14)16(11-20)19-10-9-12-3-1-2-4-15(12)18/h1-8,16,19-20H,9-11H2/t16-/m0/s1. The van der Waals surface area contributed by atoms with Gasteiger partial charge in [0.25, 0.3) is 0 Å². The summed E-state index contributed by atoms with van der Waals surface area (Å²) in [7, 11) is 0. The Labute approximate surface area is 123 Å². The summed E-state index contributed by atoms with van der Waals surface area (Å²) in [6.07, 6.45) is 0.580. The zero-order valence-corrected chi connectivity index (χ0v) is 11.8. The molecule has 2 rings (SSSR count). The van der Waals surface area contributed by atoms with Gasteiger partial charge in [-0.05, 0) is 42.3 Å². The van der Waals surface area contributed by atoms with Crippen molar-refractivity contribution in [1.29, 1.82) is 0 Å². The molecule has 106 valence electrons. The second-order valence-corrected chi connectivity index (χ2v) is 5.02. The zero-order valence-electron chi connectivity index (χ0n) is 11.0. The predicted molar refractivity (Wildman–Crippen MR) is 79.4 cm³/mol. The second-order valence-electron chi connectivity index (χ2n) is 4.58. The van der Waals surface area contributed by atoms with Crippen LogP contribution in [0.3, 0.4) is 0 Å². The molecule has 0 aliphatic carbocycles. The van der Waals surface area contributed by atoms with Crippen molar-refractivity contribution >= 4 is 11.6 Å². The van der Waals surface area contributed by atoms with Crippen LogP contribution in [0.5, 0.6) is 0 Å². The maximum Gasteiger partial charge on any atom is 0.126 e. The lowest BCUT2D eigenvalue weighted by Gasteiger charge is -2.17. The summed E-state index contributed by atoms with van der Waals surface area (Å²) in [5.41, 5.74) is 1.64. The number of hydrogen-bond acceptors (Lipinski definition) is 2. The molecule has 0 saturated carbocycles. The monoisotopic (exact) mass is 293 g/mol. The Hall–Kier alpha value is -1.42. The molecule has 2 aromatic rings. The molecule has 4 heteroatoms. The molecule has 0 aliphatic rings. The van der Waals surface area contributed by atoms with Crippen molar-refractivity contribution < 1.29 is 9.50 Å². The molecule has 2 N–H and O–H groups in total. The molecular formula is C16H17ClFNO. The average Bonchev–Trinajstić information content (AvgIpc) is 2.47. The summed E-state index contributed by atoms with van der Waals surface area (Å²) >= 11 is 5.84. The van der Waals surface area contributed by atoms with Crippen molar-refractivity contribution in [2.24, 2.45) is 0 Å². The summed E-state index contributed by atoms with van der Waals surface area (Å²) in [5, 5.41) is 13.3. The molecule has 0 bridgehead atoms. The van der Waals surface area contributed by atoms with Gasteiger partial charge in [0.2, 0.25) is 0 Å². The van der Waals surface area contributed by atoms with Crippen molar-refractivity contribution in [3.8, 4) is 0 Å². The van der Waals surface area contributed by atoms with Crippen LogP contribution in [-0.4, -0.2) is 18.3 Å². The molecule has 2 nitrogen and oxygen atoms in total. The predicted octanol–water partition coefficient (Wildman–Crippen LogP) is 3.34. The number of hydrogen-bond donors (Lipinski definition) is 2. The highest BCUT2D eigenvalue weighted by Crippen LogP contribution is 2.16. The van der Waals surface area contributed by atoms with Gasteiger partial charge in [-0.1, -0.05) is 41.9 Å². The second kappa shape index (κ2) is 7.39. The van der Waals surface area contributed by atoms with Crippen LogP contribution in [0.4, 0.5) is 4.39 Å². The van der Waals surface area contributed by atoms with Crippen molar-refractivity contribution in [2.45, 2.75) is 12.5 Å². The Morgan fingerprint density at radius 3 is 2.45 bits per heavy atom. The first-order valence-corrected chi connectivity index (χ1v) is 6.91. The highest BCUT2D eigenvalue weighted by Gasteiger charge is 2.09. The molecule has 2 aromatic carbocycles. The fraction of sp³-hybridized carbons (Fsp3) is 0.250. The number of benzene rings is 2. The van der Waals surface area contributed by atoms with E-state index in [1.807, 2.05) is 18.2 Å². The van der Waals surface area contributed by atoms with Gasteiger partial charge in [0.05, 0.1) is 12.6 Å². The van der Waals surface area contributed by atoms with E-state index >= 15 is 0 Å². The Balaban J connectivity index is 1.91. The molecule has 0 spiro atoms. The fourth-order valence-electron chi connectivity index (χ4n) is 2.07. The number of halogens is 2. The van der Waals surface area contributed by atoms with Gasteiger partial charge in [-0.3, -0.25) is 0 Å². The van der Waals surface area contributed by atoms with E-state index in [-0.39, 0.29) is 18.5 Å². The first-order chi connectivity index (χ1) is 9.70. The smallest absolute Gasteiger partial charge is 0.126 e. The third-order valence-corrected chi connectivity index (χ3v) is 3.45. The van der Waals surface area contributed by atoms with Gasteiger partial charge < -0.3 is 10.4 Å². The van der Waals surface area contributed by atoms with E-state index in [4.69, 9.17) is 11.6 Å². The Morgan fingerprint density at radius 1 is 1.10 bits per heavy atom. The molecule has 20 heavy (non-hydrogen) atoms. The lowest BCUT2D eigenvalue weighted by molar-refractivity contribution is 0.245. The van der Waals surface area contributed by atoms with E-state index in [2.05, 4.69) is 5.32 Å². The van der Waals surface area contributed by atoms with E-state index < -0.39 is 0 Å². The first kappa shape index (κ1) is 15.0. The molecule has 0 saturated heterocycles. The number of aliphatic hydroxyl groups excluding tert-OH is 1. The van der Waals surface area contributed by atoms with Crippen LogP contribution in [-0.2, 0) is 6.42 Å². The molecule has 0 unspecified atom stereocenters. The fourth-order valence-corrected chi connectivity index (χ4v) is 2.19. The average molecular weight is 294 g/mol. The van der Waals surface area contributed by atoms with E-state index in [1.54, 1.807) is 24.3 Å². The van der Waals surface area contributed by atoms with Crippen LogP contribution in [0.1, 0.15) is 17.2 Å². The molecule has 1 atom stereocenters. The summed E-state index contributed by atoms with van der Waals surface area (Å²) in [6, 6.07) is 13.9. The molecule has 0 radical (unpaired) electrons. The highest BCUT2D eigenvalue weighted by atomic mass is 35.5. The minimum absolute atomic E-state index is 0.0150. The van der Waals surface area contributed by atoms with Gasteiger partial charge >= 0.3 is 0 Å². The van der Waals surface area contributed by atoms with Gasteiger partial charge in [-0.2, -0.15) is 0 Å². The first-order valence-electron chi connectivity index (χ1n) is 6.54. The summed E-state index contributed by atoms with van der Waals surface area (Å²) in [4.78, 5) is 0. The maximum atomic E-state index is 13.5. The normalized spacial score (nSPS) is 12.3. The summed E-state index contributed by atoms with van der Waals surface area (Å²) in [6.45, 7) is 0.577. The third-order valence-electron chi connectivity index (χ3n) is 3.20. The number of rotatable bonds is 6. The van der Waals surface area contributed by atoms with Crippen LogP contribution in [0.15, 0.2) is 48.5 Å². The van der Waals surface area contributed by atoms with Crippen molar-refractivity contribution in [3.05, 3.63) is 70.5 Å². The van der Waals surface area contributed by atoms with Crippen molar-refractivity contribution in [3.63, 3.8) is 0 Å². The summed E-state index contributed by atoms with van der Waals surface area (Å²) < 4.78 is 13.5. The SMILES string of the molecule is OC[C@H](NCCc1ccccc1F)c1ccc(Cl)cc1. The van der Waals surface area contributed by atoms with Gasteiger partial charge in [0.1, 0.15) is 5.82 Å².